The van der Waals surface area contributed by atoms with Crippen LogP contribution >= 0.6 is 0 Å². The third-order valence-corrected chi connectivity index (χ3v) is 5.26. The van der Waals surface area contributed by atoms with Crippen LogP contribution in [-0.4, -0.2) is 29.7 Å². The monoisotopic (exact) mass is 440 g/mol. The van der Waals surface area contributed by atoms with Crippen LogP contribution in [0.4, 0.5) is 8.78 Å². The van der Waals surface area contributed by atoms with Crippen molar-refractivity contribution in [3.05, 3.63) is 83.9 Å². The minimum Gasteiger partial charge on any atom is -0.457 e. The highest BCUT2D eigenvalue weighted by Gasteiger charge is 2.32. The third-order valence-electron chi connectivity index (χ3n) is 5.26. The minimum atomic E-state index is -3.10. The SMILES string of the molecule is C=C(C)C(F)(F)c1ccc(Oc2cccc3cc(C(=O)N[C@H](C)[C@@H](O)CN)ccc23)cc1. The van der Waals surface area contributed by atoms with E-state index in [9.17, 15) is 18.7 Å². The van der Waals surface area contributed by atoms with Crippen molar-refractivity contribution in [2.24, 2.45) is 5.73 Å². The van der Waals surface area contributed by atoms with Gasteiger partial charge in [0.2, 0.25) is 0 Å². The average Bonchev–Trinajstić information content (AvgIpc) is 2.78. The van der Waals surface area contributed by atoms with Gasteiger partial charge in [-0.05, 0) is 73.3 Å². The molecule has 4 N–H and O–H groups in total. The topological polar surface area (TPSA) is 84.6 Å². The maximum atomic E-state index is 14.1. The number of fused-ring (bicyclic) bond motifs is 1. The molecule has 0 aliphatic rings. The van der Waals surface area contributed by atoms with Gasteiger partial charge in [-0.15, -0.1) is 0 Å². The lowest BCUT2D eigenvalue weighted by Gasteiger charge is -2.19. The Morgan fingerprint density at radius 1 is 1.19 bits per heavy atom. The Hall–Kier alpha value is -3.29. The van der Waals surface area contributed by atoms with Crippen LogP contribution in [0.15, 0.2) is 72.8 Å². The normalized spacial score (nSPS) is 13.4. The molecule has 0 saturated carbocycles. The van der Waals surface area contributed by atoms with E-state index in [0.717, 1.165) is 10.8 Å². The van der Waals surface area contributed by atoms with Gasteiger partial charge in [0.1, 0.15) is 11.5 Å². The molecule has 3 aromatic carbocycles. The van der Waals surface area contributed by atoms with Gasteiger partial charge in [0.05, 0.1) is 12.1 Å². The standard InChI is InChI=1S/C25H26F2N2O3/c1-15(2)25(26,27)19-8-10-20(11-9-19)32-23-6-4-5-17-13-18(7-12-21(17)23)24(31)29-16(3)22(30)14-28/h4-13,16,22,30H,1,14,28H2,2-3H3,(H,29,31)/t16-,22+/m1/s1. The summed E-state index contributed by atoms with van der Waals surface area (Å²) in [6.45, 7) is 6.36. The third kappa shape index (κ3) is 4.95. The molecule has 0 spiro atoms. The van der Waals surface area contributed by atoms with Crippen LogP contribution in [0.2, 0.25) is 0 Å². The summed E-state index contributed by atoms with van der Waals surface area (Å²) in [6, 6.07) is 15.6. The van der Waals surface area contributed by atoms with Crippen molar-refractivity contribution in [3.8, 4) is 11.5 Å². The molecule has 32 heavy (non-hydrogen) atoms. The predicted molar refractivity (Wildman–Crippen MR) is 121 cm³/mol. The first-order valence-corrected chi connectivity index (χ1v) is 10.2. The molecule has 0 radical (unpaired) electrons. The van der Waals surface area contributed by atoms with Gasteiger partial charge in [-0.3, -0.25) is 4.79 Å². The maximum Gasteiger partial charge on any atom is 0.294 e. The molecule has 5 nitrogen and oxygen atoms in total. The van der Waals surface area contributed by atoms with Crippen LogP contribution in [0.1, 0.15) is 29.8 Å². The van der Waals surface area contributed by atoms with Crippen LogP contribution in [-0.2, 0) is 5.92 Å². The number of allylic oxidation sites excluding steroid dienone is 1. The summed E-state index contributed by atoms with van der Waals surface area (Å²) in [7, 11) is 0. The fourth-order valence-electron chi connectivity index (χ4n) is 3.18. The highest BCUT2D eigenvalue weighted by molar-refractivity contribution is 6.00. The molecule has 0 aliphatic carbocycles. The van der Waals surface area contributed by atoms with E-state index in [1.807, 2.05) is 6.07 Å². The van der Waals surface area contributed by atoms with Crippen LogP contribution in [0.25, 0.3) is 10.8 Å². The van der Waals surface area contributed by atoms with Crippen molar-refractivity contribution in [2.75, 3.05) is 6.54 Å². The fourth-order valence-corrected chi connectivity index (χ4v) is 3.18. The Bertz CT molecular complexity index is 1130. The molecule has 0 aliphatic heterocycles. The number of amides is 1. The molecule has 0 aromatic heterocycles. The molecule has 168 valence electrons. The lowest BCUT2D eigenvalue weighted by molar-refractivity contribution is 0.0385. The first-order chi connectivity index (χ1) is 15.1. The van der Waals surface area contributed by atoms with Crippen LogP contribution in [0.5, 0.6) is 11.5 Å². The second-order valence-electron chi connectivity index (χ2n) is 7.74. The summed E-state index contributed by atoms with van der Waals surface area (Å²) >= 11 is 0. The van der Waals surface area contributed by atoms with E-state index in [1.165, 1.54) is 31.2 Å². The summed E-state index contributed by atoms with van der Waals surface area (Å²) in [5.41, 5.74) is 5.47. The highest BCUT2D eigenvalue weighted by Crippen LogP contribution is 2.36. The molecule has 0 fully saturated rings. The van der Waals surface area contributed by atoms with Gasteiger partial charge >= 0.3 is 0 Å². The van der Waals surface area contributed by atoms with E-state index in [1.54, 1.807) is 37.3 Å². The van der Waals surface area contributed by atoms with Crippen molar-refractivity contribution in [1.82, 2.24) is 5.32 Å². The van der Waals surface area contributed by atoms with Gasteiger partial charge in [0.15, 0.2) is 0 Å². The number of rotatable bonds is 8. The zero-order chi connectivity index (χ0) is 23.5. The lowest BCUT2D eigenvalue weighted by atomic mass is 10.0. The summed E-state index contributed by atoms with van der Waals surface area (Å²) in [4.78, 5) is 12.5. The number of carbonyl (C=O) groups excluding carboxylic acids is 1. The molecular weight excluding hydrogens is 414 g/mol. The van der Waals surface area contributed by atoms with E-state index >= 15 is 0 Å². The van der Waals surface area contributed by atoms with E-state index in [-0.39, 0.29) is 23.6 Å². The number of halogens is 2. The molecule has 0 unspecified atom stereocenters. The van der Waals surface area contributed by atoms with E-state index in [2.05, 4.69) is 11.9 Å². The van der Waals surface area contributed by atoms with Gasteiger partial charge in [-0.2, -0.15) is 8.78 Å². The number of aliphatic hydroxyl groups is 1. The Labute approximate surface area is 185 Å². The molecule has 0 heterocycles. The molecular formula is C25H26F2N2O3. The number of nitrogens with two attached hydrogens (primary N) is 1. The second kappa shape index (κ2) is 9.46. The largest absolute Gasteiger partial charge is 0.457 e. The van der Waals surface area contributed by atoms with Crippen molar-refractivity contribution in [2.45, 2.75) is 31.9 Å². The smallest absolute Gasteiger partial charge is 0.294 e. The Balaban J connectivity index is 1.82. The number of ether oxygens (including phenoxy) is 1. The Morgan fingerprint density at radius 3 is 2.50 bits per heavy atom. The molecule has 2 atom stereocenters. The Kier molecular flexibility index (Phi) is 6.91. The fraction of sp³-hybridized carbons (Fsp3) is 0.240. The van der Waals surface area contributed by atoms with Crippen molar-refractivity contribution in [1.29, 1.82) is 0 Å². The van der Waals surface area contributed by atoms with E-state index < -0.39 is 18.1 Å². The Morgan fingerprint density at radius 2 is 1.88 bits per heavy atom. The molecule has 0 saturated heterocycles. The first kappa shape index (κ1) is 23.4. The predicted octanol–water partition coefficient (Wildman–Crippen LogP) is 4.74. The highest BCUT2D eigenvalue weighted by atomic mass is 19.3. The molecule has 7 heteroatoms. The second-order valence-corrected chi connectivity index (χ2v) is 7.74. The van der Waals surface area contributed by atoms with Gasteiger partial charge in [-0.1, -0.05) is 18.7 Å². The zero-order valence-electron chi connectivity index (χ0n) is 17.9. The van der Waals surface area contributed by atoms with Crippen molar-refractivity contribution < 1.29 is 23.4 Å². The quantitative estimate of drug-likeness (QED) is 0.442. The van der Waals surface area contributed by atoms with Crippen LogP contribution in [0.3, 0.4) is 0 Å². The van der Waals surface area contributed by atoms with Crippen LogP contribution < -0.4 is 15.8 Å². The lowest BCUT2D eigenvalue weighted by Crippen LogP contribution is -2.44. The zero-order valence-corrected chi connectivity index (χ0v) is 17.9. The summed E-state index contributed by atoms with van der Waals surface area (Å²) in [6.07, 6.45) is -0.832. The summed E-state index contributed by atoms with van der Waals surface area (Å²) in [5, 5.41) is 14.0. The number of aliphatic hydroxyl groups excluding tert-OH is 1. The number of carbonyl (C=O) groups is 1. The van der Waals surface area contributed by atoms with Crippen molar-refractivity contribution >= 4 is 16.7 Å². The number of alkyl halides is 2. The molecule has 3 aromatic rings. The number of benzene rings is 3. The van der Waals surface area contributed by atoms with Gasteiger partial charge in [-0.25, -0.2) is 0 Å². The van der Waals surface area contributed by atoms with Crippen molar-refractivity contribution in [3.63, 3.8) is 0 Å². The number of hydrogen-bond acceptors (Lipinski definition) is 4. The average molecular weight is 440 g/mol. The number of hydrogen-bond donors (Lipinski definition) is 3. The van der Waals surface area contributed by atoms with Gasteiger partial charge < -0.3 is 20.9 Å². The van der Waals surface area contributed by atoms with E-state index in [4.69, 9.17) is 10.5 Å². The maximum absolute atomic E-state index is 14.1. The minimum absolute atomic E-state index is 0.0473. The summed E-state index contributed by atoms with van der Waals surface area (Å²) in [5.74, 6) is -2.50. The molecule has 0 bridgehead atoms. The molecule has 1 amide bonds. The molecule has 3 rings (SSSR count). The van der Waals surface area contributed by atoms with Crippen LogP contribution in [0, 0.1) is 0 Å². The van der Waals surface area contributed by atoms with Gasteiger partial charge in [0.25, 0.3) is 11.8 Å². The number of nitrogens with one attached hydrogen (secondary N) is 1. The summed E-state index contributed by atoms with van der Waals surface area (Å²) < 4.78 is 34.1. The van der Waals surface area contributed by atoms with E-state index in [0.29, 0.717) is 17.1 Å². The van der Waals surface area contributed by atoms with Gasteiger partial charge in [0, 0.05) is 23.1 Å². The first-order valence-electron chi connectivity index (χ1n) is 10.2.